The Bertz CT molecular complexity index is 1610. The molecule has 0 saturated carbocycles. The average Bonchev–Trinajstić information content (AvgIpc) is 3.35. The number of pyridine rings is 1. The molecular weight excluding hydrogens is 556 g/mol. The molecule has 3 amide bonds. The summed E-state index contributed by atoms with van der Waals surface area (Å²) in [4.78, 5) is 45.3. The van der Waals surface area contributed by atoms with Gasteiger partial charge in [0.1, 0.15) is 12.1 Å². The minimum absolute atomic E-state index is 0.0105. The van der Waals surface area contributed by atoms with Crippen molar-refractivity contribution in [3.8, 4) is 0 Å². The van der Waals surface area contributed by atoms with Crippen molar-refractivity contribution in [2.45, 2.75) is 45.9 Å². The quantitative estimate of drug-likeness (QED) is 0.322. The predicted octanol–water partition coefficient (Wildman–Crippen LogP) is 4.71. The first-order chi connectivity index (χ1) is 20.0. The molecule has 0 spiro atoms. The van der Waals surface area contributed by atoms with Gasteiger partial charge in [-0.05, 0) is 68.1 Å². The number of halogens is 1. The monoisotopic (exact) mass is 588 g/mol. The highest BCUT2D eigenvalue weighted by Crippen LogP contribution is 2.21. The van der Waals surface area contributed by atoms with E-state index >= 15 is 0 Å². The van der Waals surface area contributed by atoms with Crippen LogP contribution in [-0.4, -0.2) is 68.1 Å². The number of ether oxygens (including phenoxy) is 1. The van der Waals surface area contributed by atoms with E-state index in [-0.39, 0.29) is 24.9 Å². The van der Waals surface area contributed by atoms with Crippen molar-refractivity contribution >= 4 is 40.4 Å². The second kappa shape index (κ2) is 12.2. The van der Waals surface area contributed by atoms with Gasteiger partial charge < -0.3 is 15.0 Å². The van der Waals surface area contributed by atoms with Crippen LogP contribution in [0.15, 0.2) is 60.9 Å². The summed E-state index contributed by atoms with van der Waals surface area (Å²) < 4.78 is 5.39. The number of benzene rings is 2. The molecule has 11 heteroatoms. The van der Waals surface area contributed by atoms with Crippen LogP contribution >= 0.6 is 11.6 Å². The Hall–Kier alpha value is -4.44. The SMILES string of the molecule is CC(C)(C)OC(=O)N1CCN(Cc2ccc(Cc3cncc(C(=O)NCc4n[nH]c5ccc(Cl)cc45)c3)cc2)C(=O)C1. The number of hydrogen-bond acceptors (Lipinski definition) is 6. The number of piperazine rings is 1. The third kappa shape index (κ3) is 7.25. The molecule has 10 nitrogen and oxygen atoms in total. The Labute approximate surface area is 249 Å². The second-order valence-electron chi connectivity index (χ2n) is 11.3. The fraction of sp³-hybridized carbons (Fsp3) is 0.323. The first-order valence-corrected chi connectivity index (χ1v) is 14.1. The first-order valence-electron chi connectivity index (χ1n) is 13.7. The van der Waals surface area contributed by atoms with Gasteiger partial charge in [0.2, 0.25) is 5.91 Å². The molecule has 218 valence electrons. The lowest BCUT2D eigenvalue weighted by atomic mass is 10.0. The number of fused-ring (bicyclic) bond motifs is 1. The maximum atomic E-state index is 12.9. The van der Waals surface area contributed by atoms with E-state index in [1.54, 1.807) is 44.1 Å². The van der Waals surface area contributed by atoms with Crippen LogP contribution in [0.1, 0.15) is 53.5 Å². The van der Waals surface area contributed by atoms with Crippen molar-refractivity contribution in [1.29, 1.82) is 0 Å². The largest absolute Gasteiger partial charge is 0.444 e. The lowest BCUT2D eigenvalue weighted by molar-refractivity contribution is -0.136. The standard InChI is InChI=1S/C31H33ClN6O4/c1-31(2,3)42-30(41)38-11-10-37(28(39)19-38)18-21-6-4-20(5-7-21)12-22-13-23(16-33-15-22)29(40)34-17-27-25-14-24(32)8-9-26(25)35-36-27/h4-9,13-16H,10-12,17-19H2,1-3H3,(H,34,40)(H,35,36). The molecule has 0 aliphatic carbocycles. The Balaban J connectivity index is 1.14. The molecule has 42 heavy (non-hydrogen) atoms. The van der Waals surface area contributed by atoms with E-state index in [0.717, 1.165) is 27.6 Å². The topological polar surface area (TPSA) is 121 Å². The summed E-state index contributed by atoms with van der Waals surface area (Å²) in [5.41, 5.74) is 4.37. The molecular formula is C31H33ClN6O4. The van der Waals surface area contributed by atoms with Crippen LogP contribution in [-0.2, 0) is 29.0 Å². The number of carbonyl (C=O) groups is 3. The van der Waals surface area contributed by atoms with Gasteiger partial charge >= 0.3 is 6.09 Å². The van der Waals surface area contributed by atoms with E-state index in [0.29, 0.717) is 42.3 Å². The number of carbonyl (C=O) groups excluding carboxylic acids is 3. The summed E-state index contributed by atoms with van der Waals surface area (Å²) in [5, 5.41) is 11.6. The Kier molecular flexibility index (Phi) is 8.44. The lowest BCUT2D eigenvalue weighted by Gasteiger charge is -2.35. The highest BCUT2D eigenvalue weighted by atomic mass is 35.5. The maximum Gasteiger partial charge on any atom is 0.410 e. The minimum Gasteiger partial charge on any atom is -0.444 e. The van der Waals surface area contributed by atoms with E-state index in [1.807, 2.05) is 42.5 Å². The average molecular weight is 589 g/mol. The Morgan fingerprint density at radius 2 is 1.79 bits per heavy atom. The molecule has 0 bridgehead atoms. The van der Waals surface area contributed by atoms with Crippen molar-refractivity contribution in [1.82, 2.24) is 30.3 Å². The molecule has 1 saturated heterocycles. The first kappa shape index (κ1) is 29.1. The van der Waals surface area contributed by atoms with Crippen LogP contribution in [0.4, 0.5) is 4.79 Å². The smallest absolute Gasteiger partial charge is 0.410 e. The molecule has 3 heterocycles. The van der Waals surface area contributed by atoms with E-state index in [1.165, 1.54) is 4.90 Å². The van der Waals surface area contributed by atoms with Crippen molar-refractivity contribution < 1.29 is 19.1 Å². The molecule has 5 rings (SSSR count). The van der Waals surface area contributed by atoms with Crippen LogP contribution in [0.25, 0.3) is 10.9 Å². The molecule has 4 aromatic rings. The predicted molar refractivity (Wildman–Crippen MR) is 159 cm³/mol. The number of hydrogen-bond donors (Lipinski definition) is 2. The van der Waals surface area contributed by atoms with Crippen molar-refractivity contribution in [2.75, 3.05) is 19.6 Å². The zero-order chi connectivity index (χ0) is 29.9. The van der Waals surface area contributed by atoms with E-state index < -0.39 is 11.7 Å². The fourth-order valence-electron chi connectivity index (χ4n) is 4.73. The number of amides is 3. The van der Waals surface area contributed by atoms with Crippen LogP contribution in [0.3, 0.4) is 0 Å². The molecule has 1 aliphatic rings. The number of nitrogens with one attached hydrogen (secondary N) is 2. The second-order valence-corrected chi connectivity index (χ2v) is 11.8. The summed E-state index contributed by atoms with van der Waals surface area (Å²) in [6.07, 6.45) is 3.43. The summed E-state index contributed by atoms with van der Waals surface area (Å²) in [6.45, 7) is 7.03. The normalized spacial score (nSPS) is 13.9. The van der Waals surface area contributed by atoms with Gasteiger partial charge in [0, 0.05) is 42.4 Å². The van der Waals surface area contributed by atoms with Gasteiger partial charge in [-0.3, -0.25) is 24.6 Å². The number of rotatable bonds is 7. The van der Waals surface area contributed by atoms with Gasteiger partial charge in [-0.15, -0.1) is 0 Å². The molecule has 2 N–H and O–H groups in total. The lowest BCUT2D eigenvalue weighted by Crippen LogP contribution is -2.52. The number of aromatic amines is 1. The number of H-pyrrole nitrogens is 1. The van der Waals surface area contributed by atoms with Gasteiger partial charge in [-0.25, -0.2) is 4.79 Å². The summed E-state index contributed by atoms with van der Waals surface area (Å²) in [5.74, 6) is -0.351. The molecule has 0 atom stereocenters. The van der Waals surface area contributed by atoms with E-state index in [4.69, 9.17) is 16.3 Å². The molecule has 2 aromatic carbocycles. The molecule has 2 aromatic heterocycles. The molecule has 1 aliphatic heterocycles. The highest BCUT2D eigenvalue weighted by molar-refractivity contribution is 6.31. The van der Waals surface area contributed by atoms with Gasteiger partial charge in [-0.2, -0.15) is 5.10 Å². The third-order valence-electron chi connectivity index (χ3n) is 6.85. The van der Waals surface area contributed by atoms with Gasteiger partial charge in [0.15, 0.2) is 0 Å². The molecule has 0 unspecified atom stereocenters. The van der Waals surface area contributed by atoms with Crippen molar-refractivity contribution in [3.63, 3.8) is 0 Å². The zero-order valence-electron chi connectivity index (χ0n) is 23.8. The fourth-order valence-corrected chi connectivity index (χ4v) is 4.90. The van der Waals surface area contributed by atoms with E-state index in [9.17, 15) is 14.4 Å². The molecule has 0 radical (unpaired) electrons. The van der Waals surface area contributed by atoms with E-state index in [2.05, 4.69) is 20.5 Å². The minimum atomic E-state index is -0.603. The Morgan fingerprint density at radius 3 is 2.52 bits per heavy atom. The van der Waals surface area contributed by atoms with Gasteiger partial charge in [0.05, 0.1) is 23.3 Å². The summed E-state index contributed by atoms with van der Waals surface area (Å²) >= 11 is 6.11. The number of aromatic nitrogens is 3. The maximum absolute atomic E-state index is 12.9. The highest BCUT2D eigenvalue weighted by Gasteiger charge is 2.30. The third-order valence-corrected chi connectivity index (χ3v) is 7.09. The van der Waals surface area contributed by atoms with Crippen LogP contribution in [0, 0.1) is 0 Å². The van der Waals surface area contributed by atoms with Crippen molar-refractivity contribution in [3.05, 3.63) is 93.9 Å². The van der Waals surface area contributed by atoms with Crippen LogP contribution in [0.5, 0.6) is 0 Å². The molecule has 1 fully saturated rings. The number of nitrogens with zero attached hydrogens (tertiary/aromatic N) is 4. The summed E-state index contributed by atoms with van der Waals surface area (Å²) in [6, 6.07) is 15.3. The van der Waals surface area contributed by atoms with Gasteiger partial charge in [0.25, 0.3) is 5.91 Å². The van der Waals surface area contributed by atoms with Gasteiger partial charge in [-0.1, -0.05) is 35.9 Å². The zero-order valence-corrected chi connectivity index (χ0v) is 24.6. The van der Waals surface area contributed by atoms with Crippen molar-refractivity contribution in [2.24, 2.45) is 0 Å². The summed E-state index contributed by atoms with van der Waals surface area (Å²) in [7, 11) is 0. The van der Waals surface area contributed by atoms with Crippen LogP contribution < -0.4 is 5.32 Å². The van der Waals surface area contributed by atoms with Crippen LogP contribution in [0.2, 0.25) is 5.02 Å². The Morgan fingerprint density at radius 1 is 1.02 bits per heavy atom.